The zero-order chi connectivity index (χ0) is 13.3. The molecule has 96 valence electrons. The highest BCUT2D eigenvalue weighted by atomic mass is 79.9. The quantitative estimate of drug-likeness (QED) is 0.912. The van der Waals surface area contributed by atoms with Crippen molar-refractivity contribution in [2.24, 2.45) is 0 Å². The summed E-state index contributed by atoms with van der Waals surface area (Å²) in [5, 5.41) is 0. The van der Waals surface area contributed by atoms with E-state index in [0.29, 0.717) is 11.3 Å². The molecule has 0 aliphatic rings. The summed E-state index contributed by atoms with van der Waals surface area (Å²) in [6.07, 6.45) is -3.36. The van der Waals surface area contributed by atoms with E-state index < -0.39 is 12.0 Å². The Bertz CT molecular complexity index is 566. The predicted octanol–water partition coefficient (Wildman–Crippen LogP) is 3.87. The topological polar surface area (TPSA) is 37.9 Å². The molecule has 0 aliphatic heterocycles. The third kappa shape index (κ3) is 2.50. The molecule has 1 heterocycles. The van der Waals surface area contributed by atoms with Crippen LogP contribution in [-0.4, -0.2) is 17.1 Å². The fraction of sp³-hybridized carbons (Fsp3) is 0.182. The Hall–Kier alpha value is -1.50. The molecular weight excluding hydrogens is 313 g/mol. The predicted molar refractivity (Wildman–Crippen MR) is 63.3 cm³/mol. The van der Waals surface area contributed by atoms with E-state index in [4.69, 9.17) is 4.74 Å². The van der Waals surface area contributed by atoms with E-state index in [1.807, 2.05) is 0 Å². The van der Waals surface area contributed by atoms with E-state index in [1.54, 1.807) is 18.2 Å². The highest BCUT2D eigenvalue weighted by Gasteiger charge is 2.34. The zero-order valence-corrected chi connectivity index (χ0v) is 10.8. The van der Waals surface area contributed by atoms with Crippen molar-refractivity contribution in [3.05, 3.63) is 34.7 Å². The van der Waals surface area contributed by atoms with Gasteiger partial charge in [0.15, 0.2) is 0 Å². The van der Waals surface area contributed by atoms with Gasteiger partial charge >= 0.3 is 6.18 Å². The summed E-state index contributed by atoms with van der Waals surface area (Å²) in [5.74, 6) is -0.560. The average molecular weight is 321 g/mol. The van der Waals surface area contributed by atoms with Gasteiger partial charge in [-0.3, -0.25) is 0 Å². The van der Waals surface area contributed by atoms with Gasteiger partial charge in [-0.25, -0.2) is 4.98 Å². The molecule has 0 saturated heterocycles. The van der Waals surface area contributed by atoms with Crippen LogP contribution in [-0.2, 0) is 6.18 Å². The van der Waals surface area contributed by atoms with Crippen molar-refractivity contribution in [3.8, 4) is 17.0 Å². The number of nitrogens with one attached hydrogen (secondary N) is 1. The van der Waals surface area contributed by atoms with E-state index >= 15 is 0 Å². The maximum atomic E-state index is 12.4. The molecule has 18 heavy (non-hydrogen) atoms. The van der Waals surface area contributed by atoms with E-state index in [0.717, 1.165) is 10.7 Å². The molecule has 0 unspecified atom stereocenters. The fourth-order valence-electron chi connectivity index (χ4n) is 1.49. The van der Waals surface area contributed by atoms with Crippen molar-refractivity contribution in [2.45, 2.75) is 6.18 Å². The molecule has 7 heteroatoms. The molecule has 0 spiro atoms. The van der Waals surface area contributed by atoms with Crippen molar-refractivity contribution < 1.29 is 17.9 Å². The van der Waals surface area contributed by atoms with Crippen LogP contribution in [0, 0.1) is 0 Å². The van der Waals surface area contributed by atoms with Crippen LogP contribution in [0.5, 0.6) is 5.75 Å². The van der Waals surface area contributed by atoms with E-state index in [9.17, 15) is 13.2 Å². The molecule has 1 N–H and O–H groups in total. The Kier molecular flexibility index (Phi) is 3.34. The first-order valence-corrected chi connectivity index (χ1v) is 5.67. The largest absolute Gasteiger partial charge is 0.496 e. The van der Waals surface area contributed by atoms with Crippen LogP contribution < -0.4 is 4.74 Å². The minimum Gasteiger partial charge on any atom is -0.496 e. The normalized spacial score (nSPS) is 11.6. The van der Waals surface area contributed by atoms with Gasteiger partial charge in [-0.1, -0.05) is 15.9 Å². The highest BCUT2D eigenvalue weighted by molar-refractivity contribution is 9.10. The molecule has 1 aromatic heterocycles. The number of rotatable bonds is 2. The van der Waals surface area contributed by atoms with Crippen LogP contribution in [0.1, 0.15) is 5.82 Å². The molecular formula is C11H8BrF3N2O. The number of benzene rings is 1. The molecule has 0 bridgehead atoms. The molecule has 0 radical (unpaired) electrons. The van der Waals surface area contributed by atoms with E-state index in [1.165, 1.54) is 7.11 Å². The van der Waals surface area contributed by atoms with Gasteiger partial charge in [-0.2, -0.15) is 13.2 Å². The number of aromatic nitrogens is 2. The third-order valence-electron chi connectivity index (χ3n) is 2.30. The number of hydrogen-bond acceptors (Lipinski definition) is 2. The van der Waals surface area contributed by atoms with Crippen LogP contribution in [0.15, 0.2) is 28.9 Å². The summed E-state index contributed by atoms with van der Waals surface area (Å²) in [7, 11) is 1.45. The number of halogens is 4. The number of imidazole rings is 1. The Labute approximate surface area is 109 Å². The van der Waals surface area contributed by atoms with E-state index in [2.05, 4.69) is 25.9 Å². The van der Waals surface area contributed by atoms with Crippen LogP contribution in [0.4, 0.5) is 13.2 Å². The van der Waals surface area contributed by atoms with E-state index in [-0.39, 0.29) is 5.69 Å². The lowest BCUT2D eigenvalue weighted by molar-refractivity contribution is -0.144. The van der Waals surface area contributed by atoms with Gasteiger partial charge in [0.05, 0.1) is 19.0 Å². The number of H-pyrrole nitrogens is 1. The van der Waals surface area contributed by atoms with Crippen molar-refractivity contribution in [1.29, 1.82) is 0 Å². The summed E-state index contributed by atoms with van der Waals surface area (Å²) in [6.45, 7) is 0. The van der Waals surface area contributed by atoms with Crippen LogP contribution in [0.3, 0.4) is 0 Å². The van der Waals surface area contributed by atoms with Crippen molar-refractivity contribution in [2.75, 3.05) is 7.11 Å². The van der Waals surface area contributed by atoms with Gasteiger partial charge in [-0.05, 0) is 18.2 Å². The van der Waals surface area contributed by atoms with Crippen molar-refractivity contribution in [3.63, 3.8) is 0 Å². The number of aromatic amines is 1. The lowest BCUT2D eigenvalue weighted by Crippen LogP contribution is -2.07. The van der Waals surface area contributed by atoms with Gasteiger partial charge in [0.1, 0.15) is 5.75 Å². The highest BCUT2D eigenvalue weighted by Crippen LogP contribution is 2.34. The molecule has 0 fully saturated rings. The molecule has 2 rings (SSSR count). The van der Waals surface area contributed by atoms with Gasteiger partial charge in [0, 0.05) is 10.0 Å². The molecule has 1 aromatic carbocycles. The molecule has 0 aliphatic carbocycles. The standard InChI is InChI=1S/C11H8BrF3N2O/c1-18-9-3-2-6(12)4-7(9)8-5-16-10(17-8)11(13,14)15/h2-5H,1H3,(H,16,17). The lowest BCUT2D eigenvalue weighted by atomic mass is 10.1. The van der Waals surface area contributed by atoms with Crippen LogP contribution in [0.25, 0.3) is 11.3 Å². The fourth-order valence-corrected chi connectivity index (χ4v) is 1.85. The molecule has 0 saturated carbocycles. The van der Waals surface area contributed by atoms with Gasteiger partial charge in [-0.15, -0.1) is 0 Å². The number of alkyl halides is 3. The van der Waals surface area contributed by atoms with Crippen LogP contribution >= 0.6 is 15.9 Å². The summed E-state index contributed by atoms with van der Waals surface area (Å²) in [5.41, 5.74) is 0.760. The first-order chi connectivity index (χ1) is 8.41. The first kappa shape index (κ1) is 12.9. The summed E-state index contributed by atoms with van der Waals surface area (Å²) in [6, 6.07) is 5.06. The third-order valence-corrected chi connectivity index (χ3v) is 2.79. The second-order valence-corrected chi connectivity index (χ2v) is 4.40. The number of hydrogen-bond donors (Lipinski definition) is 1. The van der Waals surface area contributed by atoms with Crippen molar-refractivity contribution >= 4 is 15.9 Å². The average Bonchev–Trinajstić information content (AvgIpc) is 2.77. The molecule has 0 amide bonds. The Balaban J connectivity index is 2.49. The summed E-state index contributed by atoms with van der Waals surface area (Å²) >= 11 is 3.26. The van der Waals surface area contributed by atoms with Crippen LogP contribution in [0.2, 0.25) is 0 Å². The van der Waals surface area contributed by atoms with Crippen molar-refractivity contribution in [1.82, 2.24) is 9.97 Å². The molecule has 3 nitrogen and oxygen atoms in total. The smallest absolute Gasteiger partial charge is 0.449 e. The molecule has 0 atom stereocenters. The maximum Gasteiger partial charge on any atom is 0.449 e. The Morgan fingerprint density at radius 2 is 2.06 bits per heavy atom. The second kappa shape index (κ2) is 4.64. The Morgan fingerprint density at radius 3 is 2.61 bits per heavy atom. The minimum atomic E-state index is -4.49. The monoisotopic (exact) mass is 320 g/mol. The SMILES string of the molecule is COc1ccc(Br)cc1-c1cnc(C(F)(F)F)[nH]1. The lowest BCUT2D eigenvalue weighted by Gasteiger charge is -2.07. The zero-order valence-electron chi connectivity index (χ0n) is 9.18. The number of methoxy groups -OCH3 is 1. The van der Waals surface area contributed by atoms with Gasteiger partial charge in [0.25, 0.3) is 0 Å². The summed E-state index contributed by atoms with van der Waals surface area (Å²) in [4.78, 5) is 5.55. The van der Waals surface area contributed by atoms with Gasteiger partial charge < -0.3 is 9.72 Å². The molecule has 2 aromatic rings. The summed E-state index contributed by atoms with van der Waals surface area (Å²) < 4.78 is 43.2. The second-order valence-electron chi connectivity index (χ2n) is 3.49. The minimum absolute atomic E-state index is 0.250. The van der Waals surface area contributed by atoms with Gasteiger partial charge in [0.2, 0.25) is 5.82 Å². The first-order valence-electron chi connectivity index (χ1n) is 4.88. The maximum absolute atomic E-state index is 12.4. The number of nitrogens with zero attached hydrogens (tertiary/aromatic N) is 1. The Morgan fingerprint density at radius 1 is 1.33 bits per heavy atom. The number of ether oxygens (including phenoxy) is 1.